The summed E-state index contributed by atoms with van der Waals surface area (Å²) in [6.45, 7) is 1.77. The van der Waals surface area contributed by atoms with Crippen molar-refractivity contribution in [1.82, 2.24) is 5.32 Å². The van der Waals surface area contributed by atoms with E-state index >= 15 is 0 Å². The lowest BCUT2D eigenvalue weighted by Crippen LogP contribution is -2.20. The maximum atomic E-state index is 12.6. The van der Waals surface area contributed by atoms with E-state index in [4.69, 9.17) is 9.47 Å². The Hall–Kier alpha value is -1.08. The normalized spacial score (nSPS) is 15.0. The highest BCUT2D eigenvalue weighted by Gasteiger charge is 2.31. The number of halogens is 3. The van der Waals surface area contributed by atoms with Gasteiger partial charge in [0.15, 0.2) is 0 Å². The molecule has 0 saturated heterocycles. The number of ether oxygens (including phenoxy) is 2. The first-order valence-corrected chi connectivity index (χ1v) is 7.96. The van der Waals surface area contributed by atoms with Crippen LogP contribution < -0.4 is 14.8 Å². The molecule has 1 fully saturated rings. The summed E-state index contributed by atoms with van der Waals surface area (Å²) in [7, 11) is 2.84. The fourth-order valence-corrected chi connectivity index (χ4v) is 2.84. The van der Waals surface area contributed by atoms with Gasteiger partial charge in [-0.2, -0.15) is 13.2 Å². The van der Waals surface area contributed by atoms with E-state index in [9.17, 15) is 13.2 Å². The molecule has 0 bridgehead atoms. The van der Waals surface area contributed by atoms with Gasteiger partial charge >= 0.3 is 5.51 Å². The summed E-state index contributed by atoms with van der Waals surface area (Å²) in [6.07, 6.45) is 3.25. The molecule has 0 heterocycles. The van der Waals surface area contributed by atoms with Crippen molar-refractivity contribution in [2.45, 2.75) is 29.7 Å². The number of hydrogen-bond acceptors (Lipinski definition) is 4. The van der Waals surface area contributed by atoms with Crippen LogP contribution in [-0.4, -0.2) is 32.8 Å². The van der Waals surface area contributed by atoms with Gasteiger partial charge in [0.25, 0.3) is 0 Å². The summed E-state index contributed by atoms with van der Waals surface area (Å²) in [5, 5.41) is 3.36. The topological polar surface area (TPSA) is 30.5 Å². The fraction of sp³-hybridized carbons (Fsp3) is 0.600. The Balaban J connectivity index is 2.07. The van der Waals surface area contributed by atoms with Gasteiger partial charge in [-0.15, -0.1) is 0 Å². The van der Waals surface area contributed by atoms with Crippen LogP contribution in [-0.2, 0) is 6.42 Å². The van der Waals surface area contributed by atoms with Crippen LogP contribution in [0, 0.1) is 5.92 Å². The number of alkyl halides is 3. The Bertz CT molecular complexity index is 504. The minimum atomic E-state index is -4.36. The summed E-state index contributed by atoms with van der Waals surface area (Å²) in [5.74, 6) is 1.48. The van der Waals surface area contributed by atoms with Crippen molar-refractivity contribution in [2.24, 2.45) is 5.92 Å². The monoisotopic (exact) mass is 335 g/mol. The number of nitrogens with one attached hydrogen (secondary N) is 1. The van der Waals surface area contributed by atoms with Crippen LogP contribution in [0.15, 0.2) is 17.0 Å². The molecule has 1 N–H and O–H groups in total. The zero-order valence-electron chi connectivity index (χ0n) is 12.6. The summed E-state index contributed by atoms with van der Waals surface area (Å²) < 4.78 is 48.1. The predicted octanol–water partition coefficient (Wildman–Crippen LogP) is 3.86. The summed E-state index contributed by atoms with van der Waals surface area (Å²) in [6, 6.07) is 3.03. The molecular weight excluding hydrogens is 315 g/mol. The number of rotatable bonds is 8. The Labute approximate surface area is 132 Å². The molecule has 22 heavy (non-hydrogen) atoms. The molecule has 0 atom stereocenters. The highest BCUT2D eigenvalue weighted by atomic mass is 32.2. The largest absolute Gasteiger partial charge is 0.496 e. The van der Waals surface area contributed by atoms with Crippen molar-refractivity contribution in [3.63, 3.8) is 0 Å². The van der Waals surface area contributed by atoms with Crippen LogP contribution in [0.25, 0.3) is 0 Å². The summed E-state index contributed by atoms with van der Waals surface area (Å²) in [4.78, 5) is 0.0153. The van der Waals surface area contributed by atoms with Crippen molar-refractivity contribution < 1.29 is 22.6 Å². The molecule has 0 aliphatic heterocycles. The maximum absolute atomic E-state index is 12.6. The number of thioether (sulfide) groups is 1. The highest BCUT2D eigenvalue weighted by Crippen LogP contribution is 2.44. The third-order valence-corrected chi connectivity index (χ3v) is 4.26. The molecule has 0 radical (unpaired) electrons. The van der Waals surface area contributed by atoms with Gasteiger partial charge in [-0.3, -0.25) is 0 Å². The average molecular weight is 335 g/mol. The first-order valence-electron chi connectivity index (χ1n) is 7.14. The molecule has 1 saturated carbocycles. The molecule has 1 aromatic carbocycles. The average Bonchev–Trinajstić information content (AvgIpc) is 3.26. The maximum Gasteiger partial charge on any atom is 0.446 e. The number of benzene rings is 1. The molecule has 0 aromatic heterocycles. The van der Waals surface area contributed by atoms with Gasteiger partial charge in [0.1, 0.15) is 11.5 Å². The third kappa shape index (κ3) is 5.28. The van der Waals surface area contributed by atoms with E-state index in [0.29, 0.717) is 12.2 Å². The second-order valence-corrected chi connectivity index (χ2v) is 6.37. The van der Waals surface area contributed by atoms with Crippen molar-refractivity contribution in [3.8, 4) is 11.5 Å². The molecule has 2 rings (SSSR count). The van der Waals surface area contributed by atoms with Crippen LogP contribution in [0.3, 0.4) is 0 Å². The molecule has 1 aromatic rings. The first kappa shape index (κ1) is 17.3. The van der Waals surface area contributed by atoms with Crippen LogP contribution in [0.5, 0.6) is 11.5 Å². The van der Waals surface area contributed by atoms with Crippen molar-refractivity contribution in [1.29, 1.82) is 0 Å². The van der Waals surface area contributed by atoms with Gasteiger partial charge in [-0.1, -0.05) is 0 Å². The molecule has 7 heteroatoms. The lowest BCUT2D eigenvalue weighted by atomic mass is 10.1. The van der Waals surface area contributed by atoms with Crippen LogP contribution in [0.4, 0.5) is 13.2 Å². The zero-order chi connectivity index (χ0) is 16.2. The lowest BCUT2D eigenvalue weighted by Gasteiger charge is -2.15. The molecule has 0 unspecified atom stereocenters. The molecule has 1 aliphatic rings. The van der Waals surface area contributed by atoms with E-state index in [0.717, 1.165) is 24.6 Å². The fourth-order valence-electron chi connectivity index (χ4n) is 2.18. The quantitative estimate of drug-likeness (QED) is 0.577. The Morgan fingerprint density at radius 1 is 1.18 bits per heavy atom. The molecule has 3 nitrogen and oxygen atoms in total. The van der Waals surface area contributed by atoms with E-state index in [1.54, 1.807) is 6.07 Å². The smallest absolute Gasteiger partial charge is 0.446 e. The van der Waals surface area contributed by atoms with E-state index in [-0.39, 0.29) is 22.4 Å². The highest BCUT2D eigenvalue weighted by molar-refractivity contribution is 8.00. The van der Waals surface area contributed by atoms with E-state index in [1.807, 2.05) is 0 Å². The Kier molecular flexibility index (Phi) is 5.86. The SMILES string of the molecule is COc1cc(SC(F)(F)F)c(OC)cc1CCNCC1CC1. The predicted molar refractivity (Wildman–Crippen MR) is 80.8 cm³/mol. The molecule has 0 amide bonds. The van der Waals surface area contributed by atoms with Gasteiger partial charge in [-0.25, -0.2) is 0 Å². The second kappa shape index (κ2) is 7.46. The van der Waals surface area contributed by atoms with Crippen molar-refractivity contribution in [2.75, 3.05) is 27.3 Å². The van der Waals surface area contributed by atoms with Gasteiger partial charge in [-0.05, 0) is 67.7 Å². The molecular formula is C15H20F3NO2S. The standard InChI is InChI=1S/C15H20F3NO2S/c1-20-12-8-14(22-15(16,17)18)13(21-2)7-11(12)5-6-19-9-10-3-4-10/h7-8,10,19H,3-6,9H2,1-2H3. The van der Waals surface area contributed by atoms with Gasteiger partial charge in [0.05, 0.1) is 19.1 Å². The Morgan fingerprint density at radius 3 is 2.41 bits per heavy atom. The van der Waals surface area contributed by atoms with E-state index in [2.05, 4.69) is 5.32 Å². The number of methoxy groups -OCH3 is 2. The Morgan fingerprint density at radius 2 is 1.86 bits per heavy atom. The molecule has 0 spiro atoms. The lowest BCUT2D eigenvalue weighted by molar-refractivity contribution is -0.0328. The zero-order valence-corrected chi connectivity index (χ0v) is 13.4. The van der Waals surface area contributed by atoms with Crippen molar-refractivity contribution in [3.05, 3.63) is 17.7 Å². The van der Waals surface area contributed by atoms with Crippen LogP contribution in [0.1, 0.15) is 18.4 Å². The van der Waals surface area contributed by atoms with Gasteiger partial charge in [0.2, 0.25) is 0 Å². The minimum Gasteiger partial charge on any atom is -0.496 e. The first-order chi connectivity index (χ1) is 10.4. The van der Waals surface area contributed by atoms with Gasteiger partial charge < -0.3 is 14.8 Å². The van der Waals surface area contributed by atoms with Crippen LogP contribution >= 0.6 is 11.8 Å². The second-order valence-electron chi connectivity index (χ2n) is 5.26. The minimum absolute atomic E-state index is 0.0153. The third-order valence-electron chi connectivity index (χ3n) is 3.49. The number of hydrogen-bond donors (Lipinski definition) is 1. The van der Waals surface area contributed by atoms with E-state index in [1.165, 1.54) is 33.1 Å². The van der Waals surface area contributed by atoms with Crippen molar-refractivity contribution >= 4 is 11.8 Å². The molecule has 1 aliphatic carbocycles. The van der Waals surface area contributed by atoms with Gasteiger partial charge in [0, 0.05) is 0 Å². The summed E-state index contributed by atoms with van der Waals surface area (Å²) in [5.41, 5.74) is -3.51. The molecule has 124 valence electrons. The van der Waals surface area contributed by atoms with Crippen LogP contribution in [0.2, 0.25) is 0 Å². The van der Waals surface area contributed by atoms with E-state index < -0.39 is 5.51 Å². The summed E-state index contributed by atoms with van der Waals surface area (Å²) >= 11 is -0.190.